The third-order valence-electron chi connectivity index (χ3n) is 2.66. The molecule has 0 aliphatic carbocycles. The van der Waals surface area contributed by atoms with Crippen molar-refractivity contribution >= 4 is 11.8 Å². The second-order valence-electron chi connectivity index (χ2n) is 4.38. The highest BCUT2D eigenvalue weighted by Gasteiger charge is 2.30. The number of carbonyl (C=O) groups is 1. The summed E-state index contributed by atoms with van der Waals surface area (Å²) in [4.78, 5) is 11.6. The van der Waals surface area contributed by atoms with Crippen molar-refractivity contribution in [1.29, 1.82) is 0 Å². The van der Waals surface area contributed by atoms with Crippen LogP contribution in [0.4, 0.5) is 23.8 Å². The van der Waals surface area contributed by atoms with E-state index in [2.05, 4.69) is 15.7 Å². The van der Waals surface area contributed by atoms with Gasteiger partial charge in [0.2, 0.25) is 0 Å². The van der Waals surface area contributed by atoms with Gasteiger partial charge in [0.05, 0.1) is 5.56 Å². The third kappa shape index (κ3) is 4.23. The first-order valence-electron chi connectivity index (χ1n) is 6.05. The molecule has 2 N–H and O–H groups in total. The molecule has 0 aliphatic rings. The summed E-state index contributed by atoms with van der Waals surface area (Å²) in [5.41, 5.74) is -0.382. The molecular weight excluding hydrogens is 285 g/mol. The molecule has 1 heterocycles. The monoisotopic (exact) mass is 298 g/mol. The number of hydrogen-bond acceptors (Lipinski definition) is 2. The number of urea groups is 1. The first kappa shape index (κ1) is 14.9. The first-order valence-corrected chi connectivity index (χ1v) is 6.05. The standard InChI is InChI=1S/C13H13F3N4O/c1-20-6-5-11(19-20)18-12(21)17-8-9-3-2-4-10(7-9)13(14,15)16/h2-7H,8H2,1H3,(H2,17,18,19,21). The van der Waals surface area contributed by atoms with Crippen LogP contribution in [0.5, 0.6) is 0 Å². The van der Waals surface area contributed by atoms with Crippen molar-refractivity contribution in [2.75, 3.05) is 5.32 Å². The third-order valence-corrected chi connectivity index (χ3v) is 2.66. The van der Waals surface area contributed by atoms with Gasteiger partial charge in [0, 0.05) is 25.9 Å². The van der Waals surface area contributed by atoms with E-state index in [1.54, 1.807) is 19.3 Å². The summed E-state index contributed by atoms with van der Waals surface area (Å²) >= 11 is 0. The molecule has 21 heavy (non-hydrogen) atoms. The lowest BCUT2D eigenvalue weighted by Gasteiger charge is -2.09. The number of nitrogens with zero attached hydrogens (tertiary/aromatic N) is 2. The van der Waals surface area contributed by atoms with Crippen molar-refractivity contribution in [2.45, 2.75) is 12.7 Å². The van der Waals surface area contributed by atoms with Crippen molar-refractivity contribution in [2.24, 2.45) is 7.05 Å². The van der Waals surface area contributed by atoms with Gasteiger partial charge < -0.3 is 5.32 Å². The number of rotatable bonds is 3. The number of alkyl halides is 3. The van der Waals surface area contributed by atoms with Crippen LogP contribution >= 0.6 is 0 Å². The Hall–Kier alpha value is -2.51. The molecule has 112 valence electrons. The summed E-state index contributed by atoms with van der Waals surface area (Å²) in [5, 5.41) is 8.89. The summed E-state index contributed by atoms with van der Waals surface area (Å²) in [7, 11) is 1.70. The molecule has 0 fully saturated rings. The van der Waals surface area contributed by atoms with E-state index in [1.165, 1.54) is 16.8 Å². The van der Waals surface area contributed by atoms with E-state index in [-0.39, 0.29) is 6.54 Å². The van der Waals surface area contributed by atoms with Crippen LogP contribution < -0.4 is 10.6 Å². The van der Waals surface area contributed by atoms with Gasteiger partial charge in [0.25, 0.3) is 0 Å². The Morgan fingerprint density at radius 3 is 2.71 bits per heavy atom. The Morgan fingerprint density at radius 2 is 2.10 bits per heavy atom. The molecule has 2 amide bonds. The van der Waals surface area contributed by atoms with Gasteiger partial charge in [0.15, 0.2) is 5.82 Å². The number of benzene rings is 1. The molecule has 0 bridgehead atoms. The van der Waals surface area contributed by atoms with Crippen LogP contribution in [0.3, 0.4) is 0 Å². The number of aryl methyl sites for hydroxylation is 1. The predicted molar refractivity (Wildman–Crippen MR) is 70.5 cm³/mol. The van der Waals surface area contributed by atoms with Crippen LogP contribution in [0.2, 0.25) is 0 Å². The molecule has 0 saturated heterocycles. The smallest absolute Gasteiger partial charge is 0.334 e. The Kier molecular flexibility index (Phi) is 4.15. The number of halogens is 3. The summed E-state index contributed by atoms with van der Waals surface area (Å²) in [6, 6.07) is 5.86. The van der Waals surface area contributed by atoms with Crippen LogP contribution in [-0.2, 0) is 19.8 Å². The molecule has 0 radical (unpaired) electrons. The average Bonchev–Trinajstić information content (AvgIpc) is 2.81. The summed E-state index contributed by atoms with van der Waals surface area (Å²) < 4.78 is 39.2. The molecular formula is C13H13F3N4O. The van der Waals surface area contributed by atoms with E-state index in [9.17, 15) is 18.0 Å². The van der Waals surface area contributed by atoms with Crippen LogP contribution in [0, 0.1) is 0 Å². The van der Waals surface area contributed by atoms with Crippen LogP contribution in [0.15, 0.2) is 36.5 Å². The van der Waals surface area contributed by atoms with Gasteiger partial charge in [-0.25, -0.2) is 4.79 Å². The highest BCUT2D eigenvalue weighted by atomic mass is 19.4. The fourth-order valence-corrected chi connectivity index (χ4v) is 1.68. The van der Waals surface area contributed by atoms with Gasteiger partial charge >= 0.3 is 12.2 Å². The van der Waals surface area contributed by atoms with Crippen LogP contribution in [0.25, 0.3) is 0 Å². The summed E-state index contributed by atoms with van der Waals surface area (Å²) in [6.07, 6.45) is -2.74. The van der Waals surface area contributed by atoms with E-state index in [0.717, 1.165) is 12.1 Å². The maximum Gasteiger partial charge on any atom is 0.416 e. The normalized spacial score (nSPS) is 11.2. The van der Waals surface area contributed by atoms with E-state index in [4.69, 9.17) is 0 Å². The van der Waals surface area contributed by atoms with Gasteiger partial charge in [-0.1, -0.05) is 12.1 Å². The fraction of sp³-hybridized carbons (Fsp3) is 0.231. The molecule has 1 aromatic carbocycles. The number of carbonyl (C=O) groups excluding carboxylic acids is 1. The second-order valence-corrected chi connectivity index (χ2v) is 4.38. The quantitative estimate of drug-likeness (QED) is 0.915. The summed E-state index contributed by atoms with van der Waals surface area (Å²) in [6.45, 7) is -0.0113. The van der Waals surface area contributed by atoms with E-state index >= 15 is 0 Å². The zero-order chi connectivity index (χ0) is 15.5. The molecule has 0 atom stereocenters. The van der Waals surface area contributed by atoms with Crippen molar-refractivity contribution in [3.8, 4) is 0 Å². The molecule has 1 aromatic heterocycles. The number of anilines is 1. The van der Waals surface area contributed by atoms with Gasteiger partial charge in [0.1, 0.15) is 0 Å². The van der Waals surface area contributed by atoms with Gasteiger partial charge in [-0.2, -0.15) is 18.3 Å². The van der Waals surface area contributed by atoms with Crippen LogP contribution in [0.1, 0.15) is 11.1 Å². The Bertz CT molecular complexity index is 636. The molecule has 0 unspecified atom stereocenters. The van der Waals surface area contributed by atoms with E-state index in [1.807, 2.05) is 0 Å². The van der Waals surface area contributed by atoms with E-state index in [0.29, 0.717) is 11.4 Å². The topological polar surface area (TPSA) is 59.0 Å². The fourth-order valence-electron chi connectivity index (χ4n) is 1.68. The number of amides is 2. The van der Waals surface area contributed by atoms with Crippen molar-refractivity contribution < 1.29 is 18.0 Å². The first-order chi connectivity index (χ1) is 9.84. The highest BCUT2D eigenvalue weighted by molar-refractivity contribution is 5.88. The summed E-state index contributed by atoms with van der Waals surface area (Å²) in [5.74, 6) is 0.360. The lowest BCUT2D eigenvalue weighted by atomic mass is 10.1. The highest BCUT2D eigenvalue weighted by Crippen LogP contribution is 2.29. The molecule has 2 rings (SSSR count). The maximum absolute atomic E-state index is 12.5. The minimum atomic E-state index is -4.40. The molecule has 0 spiro atoms. The minimum Gasteiger partial charge on any atom is -0.334 e. The number of aromatic nitrogens is 2. The van der Waals surface area contributed by atoms with Crippen LogP contribution in [-0.4, -0.2) is 15.8 Å². The minimum absolute atomic E-state index is 0.0113. The van der Waals surface area contributed by atoms with E-state index < -0.39 is 17.8 Å². The molecule has 8 heteroatoms. The van der Waals surface area contributed by atoms with Crippen molar-refractivity contribution in [1.82, 2.24) is 15.1 Å². The maximum atomic E-state index is 12.5. The van der Waals surface area contributed by atoms with Gasteiger partial charge in [-0.3, -0.25) is 10.00 Å². The Morgan fingerprint density at radius 1 is 1.33 bits per heavy atom. The lowest BCUT2D eigenvalue weighted by Crippen LogP contribution is -2.28. The lowest BCUT2D eigenvalue weighted by molar-refractivity contribution is -0.137. The zero-order valence-corrected chi connectivity index (χ0v) is 11.1. The molecule has 2 aromatic rings. The molecule has 0 saturated carbocycles. The van der Waals surface area contributed by atoms with Gasteiger partial charge in [-0.05, 0) is 17.7 Å². The largest absolute Gasteiger partial charge is 0.416 e. The zero-order valence-electron chi connectivity index (χ0n) is 11.1. The molecule has 0 aliphatic heterocycles. The average molecular weight is 298 g/mol. The Labute approximate surface area is 118 Å². The SMILES string of the molecule is Cn1ccc(NC(=O)NCc2cccc(C(F)(F)F)c2)n1. The number of hydrogen-bond donors (Lipinski definition) is 2. The van der Waals surface area contributed by atoms with Crippen molar-refractivity contribution in [3.63, 3.8) is 0 Å². The van der Waals surface area contributed by atoms with Crippen molar-refractivity contribution in [3.05, 3.63) is 47.7 Å². The Balaban J connectivity index is 1.92. The van der Waals surface area contributed by atoms with Gasteiger partial charge in [-0.15, -0.1) is 0 Å². The number of nitrogens with one attached hydrogen (secondary N) is 2. The predicted octanol–water partition coefficient (Wildman–Crippen LogP) is 2.76. The second kappa shape index (κ2) is 5.86. The molecule has 5 nitrogen and oxygen atoms in total.